The van der Waals surface area contributed by atoms with Crippen molar-refractivity contribution in [1.82, 2.24) is 30.0 Å². The molecule has 1 amide bonds. The molecule has 1 aromatic carbocycles. The highest BCUT2D eigenvalue weighted by Gasteiger charge is 2.31. The van der Waals surface area contributed by atoms with E-state index in [4.69, 9.17) is 0 Å². The fourth-order valence-corrected chi connectivity index (χ4v) is 3.04. The van der Waals surface area contributed by atoms with Crippen LogP contribution in [0.15, 0.2) is 24.3 Å². The summed E-state index contributed by atoms with van der Waals surface area (Å²) >= 11 is 0. The van der Waals surface area contributed by atoms with E-state index in [0.717, 1.165) is 30.9 Å². The highest BCUT2D eigenvalue weighted by Crippen LogP contribution is 2.29. The zero-order valence-corrected chi connectivity index (χ0v) is 15.0. The number of aromatic nitrogens is 4. The molecule has 0 atom stereocenters. The van der Waals surface area contributed by atoms with Gasteiger partial charge in [0.1, 0.15) is 0 Å². The summed E-state index contributed by atoms with van der Waals surface area (Å²) in [7, 11) is 0. The van der Waals surface area contributed by atoms with Gasteiger partial charge in [-0.2, -0.15) is 13.2 Å². The number of nitrogens with zero attached hydrogens (tertiary/aromatic N) is 6. The average molecular weight is 382 g/mol. The molecule has 0 saturated carbocycles. The van der Waals surface area contributed by atoms with Crippen LogP contribution in [0.25, 0.3) is 0 Å². The van der Waals surface area contributed by atoms with Crippen LogP contribution in [0.4, 0.5) is 13.2 Å². The predicted octanol–water partition coefficient (Wildman–Crippen LogP) is 2.06. The average Bonchev–Trinajstić information content (AvgIpc) is 3.08. The summed E-state index contributed by atoms with van der Waals surface area (Å²) in [5.41, 5.74) is -0.750. The van der Waals surface area contributed by atoms with E-state index in [9.17, 15) is 18.0 Å². The van der Waals surface area contributed by atoms with Crippen molar-refractivity contribution in [3.05, 3.63) is 41.2 Å². The van der Waals surface area contributed by atoms with Crippen LogP contribution < -0.4 is 0 Å². The molecule has 0 N–H and O–H groups in total. The van der Waals surface area contributed by atoms with Gasteiger partial charge in [0, 0.05) is 38.3 Å². The lowest BCUT2D eigenvalue weighted by Crippen LogP contribution is -2.48. The van der Waals surface area contributed by atoms with E-state index in [1.165, 1.54) is 12.1 Å². The topological polar surface area (TPSA) is 67.2 Å². The summed E-state index contributed by atoms with van der Waals surface area (Å²) < 4.78 is 40.3. The molecule has 3 rings (SSSR count). The van der Waals surface area contributed by atoms with E-state index in [1.54, 1.807) is 9.58 Å². The largest absolute Gasteiger partial charge is 0.416 e. The maximum absolute atomic E-state index is 12.8. The number of hydrogen-bond acceptors (Lipinski definition) is 5. The van der Waals surface area contributed by atoms with Crippen molar-refractivity contribution in [1.29, 1.82) is 0 Å². The number of piperazine rings is 1. The third kappa shape index (κ3) is 4.62. The zero-order chi connectivity index (χ0) is 19.4. The summed E-state index contributed by atoms with van der Waals surface area (Å²) in [6.45, 7) is 5.50. The first-order chi connectivity index (χ1) is 12.9. The third-order valence-electron chi connectivity index (χ3n) is 4.50. The predicted molar refractivity (Wildman–Crippen MR) is 90.7 cm³/mol. The highest BCUT2D eigenvalue weighted by atomic mass is 19.4. The van der Waals surface area contributed by atoms with Gasteiger partial charge in [0.2, 0.25) is 0 Å². The number of alkyl halides is 3. The van der Waals surface area contributed by atoms with Crippen molar-refractivity contribution in [2.24, 2.45) is 0 Å². The van der Waals surface area contributed by atoms with Gasteiger partial charge in [-0.3, -0.25) is 9.69 Å². The fourth-order valence-electron chi connectivity index (χ4n) is 3.04. The second-order valence-electron chi connectivity index (χ2n) is 6.47. The van der Waals surface area contributed by atoms with Crippen molar-refractivity contribution in [2.45, 2.75) is 32.6 Å². The minimum Gasteiger partial charge on any atom is -0.336 e. The van der Waals surface area contributed by atoms with Crippen LogP contribution in [0.3, 0.4) is 0 Å². The number of benzene rings is 1. The molecule has 1 fully saturated rings. The second-order valence-corrected chi connectivity index (χ2v) is 6.47. The normalized spacial score (nSPS) is 15.9. The number of tetrazole rings is 1. The van der Waals surface area contributed by atoms with Gasteiger partial charge in [0.25, 0.3) is 5.91 Å². The van der Waals surface area contributed by atoms with Crippen molar-refractivity contribution in [3.63, 3.8) is 0 Å². The van der Waals surface area contributed by atoms with E-state index >= 15 is 0 Å². The van der Waals surface area contributed by atoms with E-state index in [1.807, 2.05) is 6.92 Å². The van der Waals surface area contributed by atoms with Gasteiger partial charge in [-0.25, -0.2) is 4.68 Å². The number of amides is 1. The van der Waals surface area contributed by atoms with Gasteiger partial charge in [-0.05, 0) is 35.0 Å². The zero-order valence-electron chi connectivity index (χ0n) is 15.0. The minimum absolute atomic E-state index is 0.0603. The molecule has 1 saturated heterocycles. The lowest BCUT2D eigenvalue weighted by Gasteiger charge is -2.34. The van der Waals surface area contributed by atoms with Crippen LogP contribution in [0.2, 0.25) is 0 Å². The first kappa shape index (κ1) is 19.3. The van der Waals surface area contributed by atoms with Gasteiger partial charge in [0.05, 0.1) is 12.1 Å². The Morgan fingerprint density at radius 1 is 1.19 bits per heavy atom. The first-order valence-electron chi connectivity index (χ1n) is 8.82. The lowest BCUT2D eigenvalue weighted by atomic mass is 10.1. The molecule has 1 aromatic heterocycles. The van der Waals surface area contributed by atoms with Crippen LogP contribution >= 0.6 is 0 Å². The molecule has 10 heteroatoms. The van der Waals surface area contributed by atoms with E-state index in [0.29, 0.717) is 32.7 Å². The summed E-state index contributed by atoms with van der Waals surface area (Å²) in [6.07, 6.45) is -3.53. The Hall–Kier alpha value is -2.49. The minimum atomic E-state index is -4.46. The Kier molecular flexibility index (Phi) is 5.73. The molecule has 7 nitrogen and oxygen atoms in total. The maximum Gasteiger partial charge on any atom is 0.416 e. The molecule has 1 aliphatic heterocycles. The third-order valence-corrected chi connectivity index (χ3v) is 4.50. The summed E-state index contributed by atoms with van der Waals surface area (Å²) in [5.74, 6) is 0.395. The van der Waals surface area contributed by atoms with Crippen molar-refractivity contribution in [3.8, 4) is 0 Å². The van der Waals surface area contributed by atoms with Crippen molar-refractivity contribution in [2.75, 3.05) is 26.2 Å². The highest BCUT2D eigenvalue weighted by molar-refractivity contribution is 5.94. The molecule has 2 aromatic rings. The van der Waals surface area contributed by atoms with Crippen LogP contribution in [0.5, 0.6) is 0 Å². The van der Waals surface area contributed by atoms with Gasteiger partial charge in [-0.15, -0.1) is 5.10 Å². The van der Waals surface area contributed by atoms with Crippen LogP contribution in [0.1, 0.15) is 35.1 Å². The summed E-state index contributed by atoms with van der Waals surface area (Å²) in [6, 6.07) is 4.56. The summed E-state index contributed by atoms with van der Waals surface area (Å²) in [4.78, 5) is 16.3. The van der Waals surface area contributed by atoms with Crippen molar-refractivity contribution < 1.29 is 18.0 Å². The second kappa shape index (κ2) is 8.03. The standard InChI is InChI=1S/C17H21F3N6O/c1-2-6-26-15(21-22-23-26)12-24-7-9-25(10-8-24)16(27)13-4-3-5-14(11-13)17(18,19)20/h3-5,11H,2,6-10,12H2,1H3. The number of carbonyl (C=O) groups excluding carboxylic acids is 1. The Morgan fingerprint density at radius 2 is 1.93 bits per heavy atom. The van der Waals surface area contributed by atoms with Crippen molar-refractivity contribution >= 4 is 5.91 Å². The molecule has 2 heterocycles. The number of aryl methyl sites for hydroxylation is 1. The van der Waals surface area contributed by atoms with Crippen LogP contribution in [-0.2, 0) is 19.3 Å². The molecule has 0 spiro atoms. The quantitative estimate of drug-likeness (QED) is 0.792. The first-order valence-corrected chi connectivity index (χ1v) is 8.82. The number of halogens is 3. The number of hydrogen-bond donors (Lipinski definition) is 0. The Labute approximate surface area is 154 Å². The van der Waals surface area contributed by atoms with Gasteiger partial charge in [0.15, 0.2) is 5.82 Å². The summed E-state index contributed by atoms with van der Waals surface area (Å²) in [5, 5.41) is 11.7. The van der Waals surface area contributed by atoms with Gasteiger partial charge >= 0.3 is 6.18 Å². The Morgan fingerprint density at radius 3 is 2.59 bits per heavy atom. The maximum atomic E-state index is 12.8. The van der Waals surface area contributed by atoms with Gasteiger partial charge in [-0.1, -0.05) is 13.0 Å². The Bertz CT molecular complexity index is 783. The molecular weight excluding hydrogens is 361 g/mol. The lowest BCUT2D eigenvalue weighted by molar-refractivity contribution is -0.137. The monoisotopic (exact) mass is 382 g/mol. The Balaban J connectivity index is 1.59. The smallest absolute Gasteiger partial charge is 0.336 e. The van der Waals surface area contributed by atoms with Crippen LogP contribution in [0, 0.1) is 0 Å². The molecule has 0 aliphatic carbocycles. The molecular formula is C17H21F3N6O. The molecule has 0 unspecified atom stereocenters. The molecule has 1 aliphatic rings. The SMILES string of the molecule is CCCn1nnnc1CN1CCN(C(=O)c2cccc(C(F)(F)F)c2)CC1. The molecule has 27 heavy (non-hydrogen) atoms. The molecule has 0 radical (unpaired) electrons. The van der Waals surface area contributed by atoms with Gasteiger partial charge < -0.3 is 4.90 Å². The number of carbonyl (C=O) groups is 1. The molecule has 146 valence electrons. The van der Waals surface area contributed by atoms with E-state index in [2.05, 4.69) is 20.4 Å². The van der Waals surface area contributed by atoms with E-state index < -0.39 is 11.7 Å². The fraction of sp³-hybridized carbons (Fsp3) is 0.529. The number of rotatable bonds is 5. The van der Waals surface area contributed by atoms with E-state index in [-0.39, 0.29) is 11.5 Å². The molecule has 0 bridgehead atoms. The van der Waals surface area contributed by atoms with Crippen LogP contribution in [-0.4, -0.2) is 62.1 Å².